The number of benzene rings is 1. The molecule has 7 heteroatoms. The zero-order valence-corrected chi connectivity index (χ0v) is 18.9. The average molecular weight is 450 g/mol. The Kier molecular flexibility index (Phi) is 6.19. The Hall–Kier alpha value is -2.77. The summed E-state index contributed by atoms with van der Waals surface area (Å²) in [7, 11) is 0. The van der Waals surface area contributed by atoms with Gasteiger partial charge in [0.05, 0.1) is 18.1 Å². The van der Waals surface area contributed by atoms with Crippen LogP contribution in [0.4, 0.5) is 0 Å². The lowest BCUT2D eigenvalue weighted by Crippen LogP contribution is -2.45. The number of carbonyl (C=O) groups is 2. The largest absolute Gasteiger partial charge is 0.378 e. The molecule has 1 atom stereocenters. The Bertz CT molecular complexity index is 1110. The normalized spacial score (nSPS) is 19.3. The van der Waals surface area contributed by atoms with Crippen LogP contribution in [0.5, 0.6) is 0 Å². The van der Waals surface area contributed by atoms with Crippen LogP contribution >= 0.6 is 11.3 Å². The van der Waals surface area contributed by atoms with E-state index in [1.807, 2.05) is 34.1 Å². The molecule has 3 aromatic rings. The van der Waals surface area contributed by atoms with E-state index in [1.165, 1.54) is 0 Å². The minimum absolute atomic E-state index is 0.0177. The Balaban J connectivity index is 1.48. The molecule has 2 aliphatic rings. The molecule has 0 saturated carbocycles. The number of hydrogen-bond acceptors (Lipinski definition) is 5. The van der Waals surface area contributed by atoms with Crippen LogP contribution in [-0.4, -0.2) is 65.5 Å². The van der Waals surface area contributed by atoms with Crippen LogP contribution in [0.15, 0.2) is 48.7 Å². The predicted molar refractivity (Wildman–Crippen MR) is 125 cm³/mol. The highest BCUT2D eigenvalue weighted by atomic mass is 32.1. The standard InChI is InChI=1S/C25H27N3O3S/c29-24(21-9-3-5-11-26-21)28-12-6-4-7-18(28)17-20-19-8-1-2-10-22(19)32-23(20)25(30)27-13-15-31-16-14-27/h1-3,5,8-11,18H,4,6-7,12-17H2/t18-/m1/s1. The molecular weight excluding hydrogens is 422 g/mol. The molecule has 0 unspecified atom stereocenters. The first-order chi connectivity index (χ1) is 15.7. The summed E-state index contributed by atoms with van der Waals surface area (Å²) >= 11 is 1.57. The first-order valence-electron chi connectivity index (χ1n) is 11.3. The predicted octanol–water partition coefficient (Wildman–Crippen LogP) is 4.01. The van der Waals surface area contributed by atoms with Crippen molar-refractivity contribution in [1.29, 1.82) is 0 Å². The first kappa shape index (κ1) is 21.1. The van der Waals surface area contributed by atoms with Crippen molar-refractivity contribution in [3.05, 3.63) is 64.8 Å². The van der Waals surface area contributed by atoms with Gasteiger partial charge in [0.2, 0.25) is 0 Å². The molecule has 0 N–H and O–H groups in total. The quantitative estimate of drug-likeness (QED) is 0.604. The van der Waals surface area contributed by atoms with E-state index in [0.29, 0.717) is 38.4 Å². The lowest BCUT2D eigenvalue weighted by atomic mass is 9.93. The minimum Gasteiger partial charge on any atom is -0.378 e. The molecule has 0 aliphatic carbocycles. The molecule has 32 heavy (non-hydrogen) atoms. The summed E-state index contributed by atoms with van der Waals surface area (Å²) in [6, 6.07) is 13.7. The van der Waals surface area contributed by atoms with E-state index in [1.54, 1.807) is 23.6 Å². The van der Waals surface area contributed by atoms with Crippen molar-refractivity contribution in [1.82, 2.24) is 14.8 Å². The Morgan fingerprint density at radius 3 is 2.62 bits per heavy atom. The van der Waals surface area contributed by atoms with Crippen molar-refractivity contribution < 1.29 is 14.3 Å². The van der Waals surface area contributed by atoms with Gasteiger partial charge in [-0.15, -0.1) is 11.3 Å². The lowest BCUT2D eigenvalue weighted by Gasteiger charge is -2.36. The van der Waals surface area contributed by atoms with Crippen LogP contribution in [0, 0.1) is 0 Å². The van der Waals surface area contributed by atoms with E-state index in [-0.39, 0.29) is 17.9 Å². The number of hydrogen-bond donors (Lipinski definition) is 0. The molecule has 2 fully saturated rings. The Labute approximate surface area is 191 Å². The Morgan fingerprint density at radius 1 is 1.00 bits per heavy atom. The highest BCUT2D eigenvalue weighted by molar-refractivity contribution is 7.21. The van der Waals surface area contributed by atoms with Gasteiger partial charge < -0.3 is 14.5 Å². The fourth-order valence-corrected chi connectivity index (χ4v) is 5.94. The number of morpholine rings is 1. The van der Waals surface area contributed by atoms with Crippen LogP contribution in [-0.2, 0) is 11.2 Å². The number of carbonyl (C=O) groups excluding carboxylic acids is 2. The highest BCUT2D eigenvalue weighted by Crippen LogP contribution is 2.35. The maximum atomic E-state index is 13.5. The number of rotatable bonds is 4. The minimum atomic E-state index is -0.0177. The van der Waals surface area contributed by atoms with Crippen LogP contribution in [0.1, 0.15) is 45.0 Å². The second-order valence-corrected chi connectivity index (χ2v) is 9.43. The van der Waals surface area contributed by atoms with E-state index >= 15 is 0 Å². The fraction of sp³-hybridized carbons (Fsp3) is 0.400. The summed E-state index contributed by atoms with van der Waals surface area (Å²) in [5.74, 6) is 0.0683. The second kappa shape index (κ2) is 9.38. The van der Waals surface area contributed by atoms with Crippen LogP contribution in [0.3, 0.4) is 0 Å². The number of thiophene rings is 1. The number of nitrogens with zero attached hydrogens (tertiary/aromatic N) is 3. The van der Waals surface area contributed by atoms with E-state index < -0.39 is 0 Å². The SMILES string of the molecule is O=C(c1sc2ccccc2c1C[C@H]1CCCCN1C(=O)c1ccccn1)N1CCOCC1. The number of piperidine rings is 1. The molecule has 166 valence electrons. The summed E-state index contributed by atoms with van der Waals surface area (Å²) in [6.45, 7) is 3.15. The molecule has 5 rings (SSSR count). The fourth-order valence-electron chi connectivity index (χ4n) is 4.74. The van der Waals surface area contributed by atoms with Crippen LogP contribution in [0.2, 0.25) is 0 Å². The summed E-state index contributed by atoms with van der Waals surface area (Å²) in [5, 5.41) is 1.13. The number of amides is 2. The third-order valence-electron chi connectivity index (χ3n) is 6.40. The molecule has 2 aromatic heterocycles. The monoisotopic (exact) mass is 449 g/mol. The number of pyridine rings is 1. The first-order valence-corrected chi connectivity index (χ1v) is 12.1. The van der Waals surface area contributed by atoms with Gasteiger partial charge >= 0.3 is 0 Å². The van der Waals surface area contributed by atoms with E-state index in [9.17, 15) is 9.59 Å². The van der Waals surface area contributed by atoms with Gasteiger partial charge in [-0.25, -0.2) is 0 Å². The van der Waals surface area contributed by atoms with Gasteiger partial charge in [0, 0.05) is 36.6 Å². The second-order valence-electron chi connectivity index (χ2n) is 8.38. The number of likely N-dealkylation sites (tertiary alicyclic amines) is 1. The van der Waals surface area contributed by atoms with Crippen molar-refractivity contribution in [3.63, 3.8) is 0 Å². The van der Waals surface area contributed by atoms with Crippen molar-refractivity contribution in [2.24, 2.45) is 0 Å². The van der Waals surface area contributed by atoms with Gasteiger partial charge in [-0.05, 0) is 54.8 Å². The highest BCUT2D eigenvalue weighted by Gasteiger charge is 2.32. The molecular formula is C25H27N3O3S. The van der Waals surface area contributed by atoms with Crippen molar-refractivity contribution in [2.75, 3.05) is 32.8 Å². The molecule has 0 bridgehead atoms. The zero-order valence-electron chi connectivity index (χ0n) is 18.0. The maximum Gasteiger partial charge on any atom is 0.272 e. The van der Waals surface area contributed by atoms with Gasteiger partial charge in [-0.2, -0.15) is 0 Å². The van der Waals surface area contributed by atoms with Gasteiger partial charge in [0.1, 0.15) is 5.69 Å². The van der Waals surface area contributed by atoms with E-state index in [2.05, 4.69) is 17.1 Å². The topological polar surface area (TPSA) is 62.7 Å². The lowest BCUT2D eigenvalue weighted by molar-refractivity contribution is 0.0305. The molecule has 4 heterocycles. The molecule has 0 spiro atoms. The molecule has 2 saturated heterocycles. The molecule has 0 radical (unpaired) electrons. The number of ether oxygens (including phenoxy) is 1. The van der Waals surface area contributed by atoms with Gasteiger partial charge in [-0.1, -0.05) is 24.3 Å². The van der Waals surface area contributed by atoms with E-state index in [0.717, 1.165) is 46.3 Å². The third-order valence-corrected chi connectivity index (χ3v) is 7.60. The molecule has 6 nitrogen and oxygen atoms in total. The third kappa shape index (κ3) is 4.14. The summed E-state index contributed by atoms with van der Waals surface area (Å²) in [4.78, 5) is 35.7. The number of aromatic nitrogens is 1. The molecule has 2 aliphatic heterocycles. The molecule has 1 aromatic carbocycles. The smallest absolute Gasteiger partial charge is 0.272 e. The maximum absolute atomic E-state index is 13.5. The van der Waals surface area contributed by atoms with E-state index in [4.69, 9.17) is 4.74 Å². The van der Waals surface area contributed by atoms with Crippen molar-refractivity contribution >= 4 is 33.2 Å². The van der Waals surface area contributed by atoms with Crippen molar-refractivity contribution in [2.45, 2.75) is 31.7 Å². The van der Waals surface area contributed by atoms with Crippen molar-refractivity contribution in [3.8, 4) is 0 Å². The molecule has 2 amide bonds. The Morgan fingerprint density at radius 2 is 1.81 bits per heavy atom. The average Bonchev–Trinajstić information content (AvgIpc) is 3.23. The van der Waals surface area contributed by atoms with Gasteiger partial charge in [0.15, 0.2) is 0 Å². The van der Waals surface area contributed by atoms with Crippen LogP contribution < -0.4 is 0 Å². The number of fused-ring (bicyclic) bond motifs is 1. The van der Waals surface area contributed by atoms with Gasteiger partial charge in [0.25, 0.3) is 11.8 Å². The summed E-state index contributed by atoms with van der Waals surface area (Å²) < 4.78 is 6.56. The summed E-state index contributed by atoms with van der Waals surface area (Å²) in [5.41, 5.74) is 1.56. The zero-order chi connectivity index (χ0) is 21.9. The van der Waals surface area contributed by atoms with Gasteiger partial charge in [-0.3, -0.25) is 14.6 Å². The summed E-state index contributed by atoms with van der Waals surface area (Å²) in [6.07, 6.45) is 5.38. The van der Waals surface area contributed by atoms with Crippen LogP contribution in [0.25, 0.3) is 10.1 Å².